The van der Waals surface area contributed by atoms with Crippen LogP contribution in [0.15, 0.2) is 30.3 Å². The van der Waals surface area contributed by atoms with Crippen LogP contribution in [0.25, 0.3) is 0 Å². The van der Waals surface area contributed by atoms with Crippen LogP contribution in [0, 0.1) is 5.92 Å². The van der Waals surface area contributed by atoms with Crippen LogP contribution in [0.3, 0.4) is 0 Å². The second kappa shape index (κ2) is 7.99. The van der Waals surface area contributed by atoms with Crippen molar-refractivity contribution < 1.29 is 14.7 Å². The highest BCUT2D eigenvalue weighted by Gasteiger charge is 2.28. The van der Waals surface area contributed by atoms with Gasteiger partial charge in [0.2, 0.25) is 5.91 Å². The summed E-state index contributed by atoms with van der Waals surface area (Å²) in [5, 5.41) is 9.12. The van der Waals surface area contributed by atoms with Crippen LogP contribution in [0.5, 0.6) is 0 Å². The lowest BCUT2D eigenvalue weighted by Gasteiger charge is -2.37. The minimum atomic E-state index is -0.935. The number of rotatable bonds is 6. The molecule has 1 fully saturated rings. The molecule has 2 unspecified atom stereocenters. The van der Waals surface area contributed by atoms with Gasteiger partial charge in [0.15, 0.2) is 0 Å². The van der Waals surface area contributed by atoms with Gasteiger partial charge in [0, 0.05) is 18.8 Å². The predicted molar refractivity (Wildman–Crippen MR) is 90.5 cm³/mol. The van der Waals surface area contributed by atoms with Crippen LogP contribution in [0.4, 0.5) is 5.69 Å². The topological polar surface area (TPSA) is 60.9 Å². The van der Waals surface area contributed by atoms with Crippen molar-refractivity contribution in [3.8, 4) is 0 Å². The molecule has 1 N–H and O–H groups in total. The molecule has 0 bridgehead atoms. The Balaban J connectivity index is 2.06. The Bertz CT molecular complexity index is 532. The van der Waals surface area contributed by atoms with Gasteiger partial charge in [-0.2, -0.15) is 0 Å². The number of carboxylic acids is 1. The van der Waals surface area contributed by atoms with E-state index in [1.807, 2.05) is 42.3 Å². The molecule has 1 aromatic rings. The molecule has 0 aromatic heterocycles. The molecule has 0 spiro atoms. The molecule has 1 amide bonds. The summed E-state index contributed by atoms with van der Waals surface area (Å²) in [4.78, 5) is 27.2. The van der Waals surface area contributed by atoms with Crippen LogP contribution in [0.1, 0.15) is 32.6 Å². The van der Waals surface area contributed by atoms with Crippen LogP contribution < -0.4 is 4.90 Å². The van der Waals surface area contributed by atoms with E-state index in [1.165, 1.54) is 6.42 Å². The van der Waals surface area contributed by atoms with Gasteiger partial charge in [-0.1, -0.05) is 38.0 Å². The molecule has 1 saturated carbocycles. The molecule has 23 heavy (non-hydrogen) atoms. The molecule has 126 valence electrons. The van der Waals surface area contributed by atoms with E-state index in [4.69, 9.17) is 5.11 Å². The van der Waals surface area contributed by atoms with Gasteiger partial charge in [0.25, 0.3) is 0 Å². The van der Waals surface area contributed by atoms with Gasteiger partial charge in [-0.05, 0) is 30.9 Å². The van der Waals surface area contributed by atoms with Crippen molar-refractivity contribution in [2.45, 2.75) is 38.6 Å². The first-order valence-corrected chi connectivity index (χ1v) is 8.26. The van der Waals surface area contributed by atoms with E-state index < -0.39 is 5.97 Å². The summed E-state index contributed by atoms with van der Waals surface area (Å²) < 4.78 is 0. The van der Waals surface area contributed by atoms with Gasteiger partial charge in [-0.3, -0.25) is 9.59 Å². The van der Waals surface area contributed by atoms with Gasteiger partial charge >= 0.3 is 5.97 Å². The number of aliphatic carboxylic acids is 1. The maximum Gasteiger partial charge on any atom is 0.323 e. The molecule has 0 saturated heterocycles. The number of hydrogen-bond donors (Lipinski definition) is 1. The maximum absolute atomic E-state index is 12.6. The molecule has 5 nitrogen and oxygen atoms in total. The monoisotopic (exact) mass is 318 g/mol. The molecule has 1 aromatic carbocycles. The zero-order valence-electron chi connectivity index (χ0n) is 13.9. The van der Waals surface area contributed by atoms with Crippen molar-refractivity contribution in [3.05, 3.63) is 30.3 Å². The molecule has 1 aliphatic carbocycles. The highest BCUT2D eigenvalue weighted by molar-refractivity contribution is 5.84. The first kappa shape index (κ1) is 17.3. The van der Waals surface area contributed by atoms with Crippen LogP contribution in [-0.2, 0) is 9.59 Å². The lowest BCUT2D eigenvalue weighted by molar-refractivity contribution is -0.135. The molecule has 0 heterocycles. The third kappa shape index (κ3) is 4.71. The number of benzene rings is 1. The van der Waals surface area contributed by atoms with Crippen molar-refractivity contribution >= 4 is 17.6 Å². The van der Waals surface area contributed by atoms with Crippen LogP contribution >= 0.6 is 0 Å². The second-order valence-electron chi connectivity index (χ2n) is 6.42. The number of carbonyl (C=O) groups excluding carboxylic acids is 1. The lowest BCUT2D eigenvalue weighted by Crippen LogP contribution is -2.47. The highest BCUT2D eigenvalue weighted by Crippen LogP contribution is 2.27. The minimum absolute atomic E-state index is 0.0196. The number of para-hydroxylation sites is 1. The fourth-order valence-electron chi connectivity index (χ4n) is 3.37. The van der Waals surface area contributed by atoms with Crippen LogP contribution in [0.2, 0.25) is 0 Å². The first-order chi connectivity index (χ1) is 11.0. The quantitative estimate of drug-likeness (QED) is 0.876. The van der Waals surface area contributed by atoms with Crippen LogP contribution in [-0.4, -0.2) is 48.1 Å². The Morgan fingerprint density at radius 2 is 1.78 bits per heavy atom. The third-order valence-corrected chi connectivity index (χ3v) is 4.73. The van der Waals surface area contributed by atoms with Gasteiger partial charge in [-0.25, -0.2) is 0 Å². The summed E-state index contributed by atoms with van der Waals surface area (Å²) in [7, 11) is 1.85. The van der Waals surface area contributed by atoms with Gasteiger partial charge in [-0.15, -0.1) is 0 Å². The summed E-state index contributed by atoms with van der Waals surface area (Å²) in [6.07, 6.45) is 4.58. The summed E-state index contributed by atoms with van der Waals surface area (Å²) in [5.74, 6) is -0.452. The Morgan fingerprint density at radius 1 is 1.13 bits per heavy atom. The molecule has 5 heteroatoms. The summed E-state index contributed by atoms with van der Waals surface area (Å²) >= 11 is 0. The van der Waals surface area contributed by atoms with Gasteiger partial charge in [0.05, 0.1) is 6.54 Å². The van der Waals surface area contributed by atoms with E-state index in [2.05, 4.69) is 6.92 Å². The van der Waals surface area contributed by atoms with E-state index >= 15 is 0 Å². The third-order valence-electron chi connectivity index (χ3n) is 4.73. The molecule has 1 aliphatic rings. The summed E-state index contributed by atoms with van der Waals surface area (Å²) in [6, 6.07) is 9.50. The summed E-state index contributed by atoms with van der Waals surface area (Å²) in [5.41, 5.74) is 0.758. The zero-order chi connectivity index (χ0) is 16.8. The number of amides is 1. The normalized spacial score (nSPS) is 20.8. The lowest BCUT2D eigenvalue weighted by atomic mass is 9.85. The molecular weight excluding hydrogens is 292 g/mol. The minimum Gasteiger partial charge on any atom is -0.480 e. The Morgan fingerprint density at radius 3 is 2.39 bits per heavy atom. The van der Waals surface area contributed by atoms with Gasteiger partial charge in [0.1, 0.15) is 6.54 Å². The second-order valence-corrected chi connectivity index (χ2v) is 6.42. The number of carboxylic acid groups (broad SMARTS) is 1. The van der Waals surface area contributed by atoms with E-state index in [9.17, 15) is 9.59 Å². The van der Waals surface area contributed by atoms with Gasteiger partial charge < -0.3 is 14.9 Å². The van der Waals surface area contributed by atoms with E-state index in [1.54, 1.807) is 4.90 Å². The smallest absolute Gasteiger partial charge is 0.323 e. The fraction of sp³-hybridized carbons (Fsp3) is 0.556. The molecule has 0 radical (unpaired) electrons. The Labute approximate surface area is 137 Å². The molecule has 0 aliphatic heterocycles. The summed E-state index contributed by atoms with van der Waals surface area (Å²) in [6.45, 7) is 2.11. The fourth-order valence-corrected chi connectivity index (χ4v) is 3.37. The zero-order valence-corrected chi connectivity index (χ0v) is 13.9. The highest BCUT2D eigenvalue weighted by atomic mass is 16.4. The standard InChI is InChI=1S/C18H26N2O3/c1-14-8-6-7-11-16(14)19(2)17(21)12-20(13-18(22)23)15-9-4-3-5-10-15/h3-5,9-10,14,16H,6-8,11-13H2,1-2H3,(H,22,23). The largest absolute Gasteiger partial charge is 0.480 e. The van der Waals surface area contributed by atoms with Crippen molar-refractivity contribution in [2.75, 3.05) is 25.0 Å². The molecule has 2 rings (SSSR count). The average Bonchev–Trinajstić information content (AvgIpc) is 2.54. The number of hydrogen-bond acceptors (Lipinski definition) is 3. The molecule has 2 atom stereocenters. The van der Waals surface area contributed by atoms with E-state index in [0.717, 1.165) is 24.9 Å². The van der Waals surface area contributed by atoms with E-state index in [-0.39, 0.29) is 25.0 Å². The van der Waals surface area contributed by atoms with Crippen molar-refractivity contribution in [2.24, 2.45) is 5.92 Å². The average molecular weight is 318 g/mol. The predicted octanol–water partition coefficient (Wildman–Crippen LogP) is 2.61. The number of carbonyl (C=O) groups is 2. The number of likely N-dealkylation sites (N-methyl/N-ethyl adjacent to an activating group) is 1. The maximum atomic E-state index is 12.6. The number of anilines is 1. The Kier molecular flexibility index (Phi) is 6.02. The van der Waals surface area contributed by atoms with Crippen molar-refractivity contribution in [1.29, 1.82) is 0 Å². The van der Waals surface area contributed by atoms with Crippen molar-refractivity contribution in [1.82, 2.24) is 4.90 Å². The van der Waals surface area contributed by atoms with Crippen molar-refractivity contribution in [3.63, 3.8) is 0 Å². The van der Waals surface area contributed by atoms with E-state index in [0.29, 0.717) is 5.92 Å². The number of nitrogens with zero attached hydrogens (tertiary/aromatic N) is 2. The SMILES string of the molecule is CC1CCCCC1N(C)C(=O)CN(CC(=O)O)c1ccccc1. The Hall–Kier alpha value is -2.04. The first-order valence-electron chi connectivity index (χ1n) is 8.26. The molecular formula is C18H26N2O3.